The minimum absolute atomic E-state index is 0.148. The number of carbonyl (C=O) groups is 2. The monoisotopic (exact) mass is 330 g/mol. The minimum atomic E-state index is -0.884. The summed E-state index contributed by atoms with van der Waals surface area (Å²) >= 11 is 0. The fourth-order valence-corrected chi connectivity index (χ4v) is 3.10. The molecule has 5 nitrogen and oxygen atoms in total. The lowest BCUT2D eigenvalue weighted by Gasteiger charge is -2.26. The average Bonchev–Trinajstić information content (AvgIpc) is 2.99. The summed E-state index contributed by atoms with van der Waals surface area (Å²) in [6, 6.07) is 6.08. The Kier molecular flexibility index (Phi) is 5.65. The molecule has 24 heavy (non-hydrogen) atoms. The van der Waals surface area contributed by atoms with Crippen molar-refractivity contribution in [2.45, 2.75) is 46.5 Å². The van der Waals surface area contributed by atoms with Gasteiger partial charge in [-0.05, 0) is 30.4 Å². The molecule has 1 amide bonds. The Morgan fingerprint density at radius 1 is 1.17 bits per heavy atom. The maximum absolute atomic E-state index is 12.3. The van der Waals surface area contributed by atoms with Gasteiger partial charge in [0.25, 0.3) is 0 Å². The molecule has 0 aliphatic carbocycles. The molecule has 2 rings (SSSR count). The highest BCUT2D eigenvalue weighted by Crippen LogP contribution is 2.26. The molecule has 2 aromatic rings. The van der Waals surface area contributed by atoms with Crippen molar-refractivity contribution in [1.82, 2.24) is 10.3 Å². The number of carboxylic acid groups (broad SMARTS) is 1. The lowest BCUT2D eigenvalue weighted by molar-refractivity contribution is -0.149. The molecule has 1 aromatic heterocycles. The summed E-state index contributed by atoms with van der Waals surface area (Å²) < 4.78 is 0. The van der Waals surface area contributed by atoms with Gasteiger partial charge in [-0.15, -0.1) is 0 Å². The van der Waals surface area contributed by atoms with E-state index in [1.807, 2.05) is 32.2 Å². The summed E-state index contributed by atoms with van der Waals surface area (Å²) in [6.45, 7) is 5.95. The Morgan fingerprint density at radius 2 is 1.88 bits per heavy atom. The van der Waals surface area contributed by atoms with Gasteiger partial charge in [-0.25, -0.2) is 0 Å². The van der Waals surface area contributed by atoms with E-state index in [1.165, 1.54) is 5.56 Å². The first-order chi connectivity index (χ1) is 11.5. The molecule has 0 saturated carbocycles. The van der Waals surface area contributed by atoms with Crippen LogP contribution in [0.15, 0.2) is 24.4 Å². The summed E-state index contributed by atoms with van der Waals surface area (Å²) in [4.78, 5) is 27.0. The number of amides is 1. The summed E-state index contributed by atoms with van der Waals surface area (Å²) in [7, 11) is 0. The number of carboxylic acids is 1. The molecule has 0 bridgehead atoms. The number of aliphatic carboxylic acids is 1. The Bertz CT molecular complexity index is 729. The third-order valence-corrected chi connectivity index (χ3v) is 5.05. The largest absolute Gasteiger partial charge is 0.481 e. The maximum atomic E-state index is 12.3. The van der Waals surface area contributed by atoms with E-state index < -0.39 is 11.4 Å². The Morgan fingerprint density at radius 3 is 2.46 bits per heavy atom. The van der Waals surface area contributed by atoms with Gasteiger partial charge in [-0.1, -0.05) is 39.0 Å². The lowest BCUT2D eigenvalue weighted by atomic mass is 9.82. The van der Waals surface area contributed by atoms with Crippen LogP contribution in [0.4, 0.5) is 0 Å². The molecule has 0 unspecified atom stereocenters. The lowest BCUT2D eigenvalue weighted by Crippen LogP contribution is -2.42. The second-order valence-corrected chi connectivity index (χ2v) is 6.25. The van der Waals surface area contributed by atoms with Gasteiger partial charge in [0.15, 0.2) is 0 Å². The molecule has 130 valence electrons. The van der Waals surface area contributed by atoms with Gasteiger partial charge < -0.3 is 15.4 Å². The predicted molar refractivity (Wildman–Crippen MR) is 95.0 cm³/mol. The van der Waals surface area contributed by atoms with Gasteiger partial charge >= 0.3 is 5.97 Å². The van der Waals surface area contributed by atoms with E-state index in [0.717, 1.165) is 22.9 Å². The van der Waals surface area contributed by atoms with E-state index in [0.29, 0.717) is 12.8 Å². The second-order valence-electron chi connectivity index (χ2n) is 6.25. The number of para-hydroxylation sites is 1. The van der Waals surface area contributed by atoms with Crippen LogP contribution in [0.5, 0.6) is 0 Å². The van der Waals surface area contributed by atoms with E-state index in [2.05, 4.69) is 23.3 Å². The first-order valence-corrected chi connectivity index (χ1v) is 8.55. The normalized spacial score (nSPS) is 11.6. The summed E-state index contributed by atoms with van der Waals surface area (Å²) in [5.74, 6) is -1.00. The number of hydrogen-bond donors (Lipinski definition) is 3. The van der Waals surface area contributed by atoms with Crippen molar-refractivity contribution >= 4 is 22.8 Å². The molecule has 0 spiro atoms. The van der Waals surface area contributed by atoms with Crippen molar-refractivity contribution in [3.63, 3.8) is 0 Å². The third-order valence-electron chi connectivity index (χ3n) is 5.05. The van der Waals surface area contributed by atoms with Crippen LogP contribution in [0.3, 0.4) is 0 Å². The molecule has 0 aliphatic heterocycles. The van der Waals surface area contributed by atoms with E-state index >= 15 is 0 Å². The number of aromatic amines is 1. The summed E-state index contributed by atoms with van der Waals surface area (Å²) in [5.41, 5.74) is 2.35. The van der Waals surface area contributed by atoms with Gasteiger partial charge in [0, 0.05) is 23.6 Å². The van der Waals surface area contributed by atoms with E-state index in [1.54, 1.807) is 0 Å². The zero-order valence-electron chi connectivity index (χ0n) is 14.6. The van der Waals surface area contributed by atoms with Crippen molar-refractivity contribution in [3.05, 3.63) is 35.5 Å². The first kappa shape index (κ1) is 18.0. The van der Waals surface area contributed by atoms with E-state index in [-0.39, 0.29) is 18.9 Å². The van der Waals surface area contributed by atoms with Crippen LogP contribution in [0.2, 0.25) is 0 Å². The van der Waals surface area contributed by atoms with E-state index in [9.17, 15) is 14.7 Å². The smallest absolute Gasteiger partial charge is 0.311 e. The van der Waals surface area contributed by atoms with Crippen molar-refractivity contribution in [2.75, 3.05) is 6.54 Å². The molecular formula is C19H26N2O3. The molecule has 0 radical (unpaired) electrons. The number of H-pyrrole nitrogens is 1. The standard InChI is InChI=1S/C19H26N2O3/c1-4-13-8-7-9-15-14(11-20-17(13)15)10-16(22)21-12-19(5-2,6-3)18(23)24/h7-9,11,20H,4-6,10,12H2,1-3H3,(H,21,22)(H,23,24). The summed E-state index contributed by atoms with van der Waals surface area (Å²) in [5, 5.41) is 13.3. The number of rotatable bonds is 8. The van der Waals surface area contributed by atoms with Crippen LogP contribution in [0.1, 0.15) is 44.7 Å². The van der Waals surface area contributed by atoms with Gasteiger partial charge in [-0.3, -0.25) is 9.59 Å². The van der Waals surface area contributed by atoms with Crippen LogP contribution in [-0.4, -0.2) is 28.5 Å². The molecule has 0 atom stereocenters. The highest BCUT2D eigenvalue weighted by atomic mass is 16.4. The van der Waals surface area contributed by atoms with Crippen LogP contribution in [0.25, 0.3) is 10.9 Å². The van der Waals surface area contributed by atoms with E-state index in [4.69, 9.17) is 0 Å². The SMILES string of the molecule is CCc1cccc2c(CC(=O)NCC(CC)(CC)C(=O)O)c[nH]c12. The molecule has 1 heterocycles. The third kappa shape index (κ3) is 3.45. The Hall–Kier alpha value is -2.30. The number of carbonyl (C=O) groups excluding carboxylic acids is 1. The van der Waals surface area contributed by atoms with Crippen LogP contribution < -0.4 is 5.32 Å². The minimum Gasteiger partial charge on any atom is -0.481 e. The predicted octanol–water partition coefficient (Wildman–Crippen LogP) is 3.28. The highest BCUT2D eigenvalue weighted by molar-refractivity contribution is 5.90. The first-order valence-electron chi connectivity index (χ1n) is 8.55. The Labute approximate surface area is 142 Å². The molecular weight excluding hydrogens is 304 g/mol. The van der Waals surface area contributed by atoms with Gasteiger partial charge in [-0.2, -0.15) is 0 Å². The van der Waals surface area contributed by atoms with Gasteiger partial charge in [0.2, 0.25) is 5.91 Å². The zero-order chi connectivity index (χ0) is 17.7. The highest BCUT2D eigenvalue weighted by Gasteiger charge is 2.35. The quantitative estimate of drug-likeness (QED) is 0.694. The summed E-state index contributed by atoms with van der Waals surface area (Å²) in [6.07, 6.45) is 4.03. The average molecular weight is 330 g/mol. The van der Waals surface area contributed by atoms with Crippen LogP contribution >= 0.6 is 0 Å². The Balaban J connectivity index is 2.09. The molecule has 3 N–H and O–H groups in total. The number of hydrogen-bond acceptors (Lipinski definition) is 2. The second kappa shape index (κ2) is 7.51. The number of benzene rings is 1. The number of fused-ring (bicyclic) bond motifs is 1. The van der Waals surface area contributed by atoms with Crippen molar-refractivity contribution < 1.29 is 14.7 Å². The topological polar surface area (TPSA) is 82.2 Å². The maximum Gasteiger partial charge on any atom is 0.311 e. The van der Waals surface area contributed by atoms with Gasteiger partial charge in [0.1, 0.15) is 0 Å². The molecule has 0 aliphatic rings. The molecule has 0 fully saturated rings. The number of nitrogens with one attached hydrogen (secondary N) is 2. The van der Waals surface area contributed by atoms with Crippen molar-refractivity contribution in [3.8, 4) is 0 Å². The van der Waals surface area contributed by atoms with Crippen molar-refractivity contribution in [1.29, 1.82) is 0 Å². The van der Waals surface area contributed by atoms with Crippen molar-refractivity contribution in [2.24, 2.45) is 5.41 Å². The fourth-order valence-electron chi connectivity index (χ4n) is 3.10. The molecule has 0 saturated heterocycles. The number of aryl methyl sites for hydroxylation is 1. The number of aromatic nitrogens is 1. The van der Waals surface area contributed by atoms with Gasteiger partial charge in [0.05, 0.1) is 11.8 Å². The fraction of sp³-hybridized carbons (Fsp3) is 0.474. The van der Waals surface area contributed by atoms with Crippen LogP contribution in [-0.2, 0) is 22.4 Å². The zero-order valence-corrected chi connectivity index (χ0v) is 14.6. The molecule has 5 heteroatoms. The molecule has 1 aromatic carbocycles. The van der Waals surface area contributed by atoms with Crippen LogP contribution in [0, 0.1) is 5.41 Å².